The predicted octanol–water partition coefficient (Wildman–Crippen LogP) is 3.37. The van der Waals surface area contributed by atoms with Crippen molar-refractivity contribution in [2.24, 2.45) is 11.8 Å². The zero-order valence-electron chi connectivity index (χ0n) is 9.58. The molecule has 1 aliphatic carbocycles. The Labute approximate surface area is 95.7 Å². The summed E-state index contributed by atoms with van der Waals surface area (Å²) in [5.41, 5.74) is 0.534. The Kier molecular flexibility index (Phi) is 3.37. The first kappa shape index (κ1) is 11.3. The summed E-state index contributed by atoms with van der Waals surface area (Å²) >= 11 is 0. The number of rotatable bonds is 3. The second-order valence-corrected chi connectivity index (χ2v) is 4.85. The lowest BCUT2D eigenvalue weighted by Crippen LogP contribution is -2.14. The van der Waals surface area contributed by atoms with E-state index in [1.165, 1.54) is 6.07 Å². The van der Waals surface area contributed by atoms with Crippen molar-refractivity contribution in [3.63, 3.8) is 0 Å². The van der Waals surface area contributed by atoms with E-state index in [-0.39, 0.29) is 23.9 Å². The van der Waals surface area contributed by atoms with Gasteiger partial charge in [0.2, 0.25) is 0 Å². The molecule has 0 bridgehead atoms. The summed E-state index contributed by atoms with van der Waals surface area (Å²) in [6.07, 6.45) is 3.35. The zero-order chi connectivity index (χ0) is 11.5. The topological polar surface area (TPSA) is 17.1 Å². The van der Waals surface area contributed by atoms with Gasteiger partial charge in [-0.2, -0.15) is 0 Å². The van der Waals surface area contributed by atoms with Gasteiger partial charge >= 0.3 is 0 Å². The number of halogens is 1. The molecule has 16 heavy (non-hydrogen) atoms. The largest absolute Gasteiger partial charge is 0.299 e. The maximum absolute atomic E-state index is 13.4. The zero-order valence-corrected chi connectivity index (χ0v) is 9.58. The van der Waals surface area contributed by atoms with Crippen LogP contribution in [0.3, 0.4) is 0 Å². The summed E-state index contributed by atoms with van der Waals surface area (Å²) < 4.78 is 13.4. The van der Waals surface area contributed by atoms with Crippen LogP contribution in [0.2, 0.25) is 0 Å². The second kappa shape index (κ2) is 4.77. The van der Waals surface area contributed by atoms with Crippen molar-refractivity contribution >= 4 is 5.78 Å². The standard InChI is InChI=1S/C14H17FO/c1-10-6-7-12(8-10)14(16)9-11-4-2-3-5-13(11)15/h2-5,10,12H,6-9H2,1H3. The number of hydrogen-bond donors (Lipinski definition) is 0. The fourth-order valence-corrected chi connectivity index (χ4v) is 2.47. The van der Waals surface area contributed by atoms with E-state index in [1.54, 1.807) is 18.2 Å². The number of carbonyl (C=O) groups is 1. The van der Waals surface area contributed by atoms with E-state index in [0.29, 0.717) is 11.5 Å². The Morgan fingerprint density at radius 2 is 2.12 bits per heavy atom. The van der Waals surface area contributed by atoms with Gasteiger partial charge in [-0.05, 0) is 36.8 Å². The van der Waals surface area contributed by atoms with Crippen LogP contribution in [0.4, 0.5) is 4.39 Å². The van der Waals surface area contributed by atoms with Crippen molar-refractivity contribution in [3.05, 3.63) is 35.6 Å². The van der Waals surface area contributed by atoms with Gasteiger partial charge in [-0.1, -0.05) is 25.1 Å². The van der Waals surface area contributed by atoms with Crippen LogP contribution in [0.25, 0.3) is 0 Å². The van der Waals surface area contributed by atoms with Gasteiger partial charge < -0.3 is 0 Å². The molecule has 0 spiro atoms. The Morgan fingerprint density at radius 1 is 1.38 bits per heavy atom. The average Bonchev–Trinajstić information content (AvgIpc) is 2.68. The third-order valence-electron chi connectivity index (χ3n) is 3.47. The molecule has 0 aliphatic heterocycles. The second-order valence-electron chi connectivity index (χ2n) is 4.85. The Morgan fingerprint density at radius 3 is 2.75 bits per heavy atom. The van der Waals surface area contributed by atoms with Crippen LogP contribution in [0.15, 0.2) is 24.3 Å². The van der Waals surface area contributed by atoms with E-state index >= 15 is 0 Å². The first-order valence-corrected chi connectivity index (χ1v) is 5.93. The minimum absolute atomic E-state index is 0.162. The first-order chi connectivity index (χ1) is 7.66. The minimum Gasteiger partial charge on any atom is -0.299 e. The molecule has 2 unspecified atom stereocenters. The smallest absolute Gasteiger partial charge is 0.140 e. The summed E-state index contributed by atoms with van der Waals surface area (Å²) in [6.45, 7) is 2.18. The van der Waals surface area contributed by atoms with Crippen LogP contribution in [0, 0.1) is 17.7 Å². The third-order valence-corrected chi connectivity index (χ3v) is 3.47. The van der Waals surface area contributed by atoms with Gasteiger partial charge in [0.1, 0.15) is 11.6 Å². The molecule has 1 aliphatic rings. The summed E-state index contributed by atoms with van der Waals surface area (Å²) in [6, 6.07) is 6.55. The lowest BCUT2D eigenvalue weighted by molar-refractivity contribution is -0.122. The molecular formula is C14H17FO. The average molecular weight is 220 g/mol. The highest BCUT2D eigenvalue weighted by atomic mass is 19.1. The molecule has 0 saturated heterocycles. The van der Waals surface area contributed by atoms with Gasteiger partial charge in [-0.15, -0.1) is 0 Å². The van der Waals surface area contributed by atoms with Crippen LogP contribution in [0.1, 0.15) is 31.7 Å². The fraction of sp³-hybridized carbons (Fsp3) is 0.500. The van der Waals surface area contributed by atoms with Crippen molar-refractivity contribution in [2.75, 3.05) is 0 Å². The summed E-state index contributed by atoms with van der Waals surface area (Å²) in [4.78, 5) is 11.9. The number of Topliss-reactive ketones (excluding diaryl/α,β-unsaturated/α-hetero) is 1. The minimum atomic E-state index is -0.262. The number of ketones is 1. The molecule has 0 heterocycles. The number of hydrogen-bond acceptors (Lipinski definition) is 1. The van der Waals surface area contributed by atoms with E-state index in [0.717, 1.165) is 19.3 Å². The fourth-order valence-electron chi connectivity index (χ4n) is 2.47. The highest BCUT2D eigenvalue weighted by Gasteiger charge is 2.27. The van der Waals surface area contributed by atoms with E-state index in [9.17, 15) is 9.18 Å². The Bertz CT molecular complexity index is 386. The predicted molar refractivity (Wildman–Crippen MR) is 61.6 cm³/mol. The van der Waals surface area contributed by atoms with Crippen molar-refractivity contribution in [3.8, 4) is 0 Å². The monoisotopic (exact) mass is 220 g/mol. The molecule has 1 aromatic carbocycles. The Hall–Kier alpha value is -1.18. The quantitative estimate of drug-likeness (QED) is 0.763. The van der Waals surface area contributed by atoms with Crippen molar-refractivity contribution in [1.82, 2.24) is 0 Å². The van der Waals surface area contributed by atoms with E-state index < -0.39 is 0 Å². The summed E-state index contributed by atoms with van der Waals surface area (Å²) in [5.74, 6) is 0.750. The maximum atomic E-state index is 13.4. The first-order valence-electron chi connectivity index (χ1n) is 5.93. The molecule has 2 rings (SSSR count). The highest BCUT2D eigenvalue weighted by Crippen LogP contribution is 2.31. The number of benzene rings is 1. The van der Waals surface area contributed by atoms with Gasteiger partial charge in [0.15, 0.2) is 0 Å². The van der Waals surface area contributed by atoms with Crippen LogP contribution >= 0.6 is 0 Å². The molecule has 0 radical (unpaired) electrons. The normalized spacial score (nSPS) is 24.6. The van der Waals surface area contributed by atoms with Crippen LogP contribution in [-0.4, -0.2) is 5.78 Å². The van der Waals surface area contributed by atoms with Crippen LogP contribution in [0.5, 0.6) is 0 Å². The SMILES string of the molecule is CC1CCC(C(=O)Cc2ccccc2F)C1. The highest BCUT2D eigenvalue weighted by molar-refractivity contribution is 5.83. The van der Waals surface area contributed by atoms with Gasteiger partial charge in [0, 0.05) is 12.3 Å². The molecule has 86 valence electrons. The van der Waals surface area contributed by atoms with Crippen molar-refractivity contribution in [2.45, 2.75) is 32.6 Å². The molecule has 0 aromatic heterocycles. The van der Waals surface area contributed by atoms with E-state index in [2.05, 4.69) is 6.92 Å². The van der Waals surface area contributed by atoms with E-state index in [4.69, 9.17) is 0 Å². The molecular weight excluding hydrogens is 203 g/mol. The molecule has 1 nitrogen and oxygen atoms in total. The van der Waals surface area contributed by atoms with Gasteiger partial charge in [0.05, 0.1) is 0 Å². The van der Waals surface area contributed by atoms with E-state index in [1.807, 2.05) is 0 Å². The molecule has 1 aromatic rings. The van der Waals surface area contributed by atoms with Gasteiger partial charge in [0.25, 0.3) is 0 Å². The third kappa shape index (κ3) is 2.49. The lowest BCUT2D eigenvalue weighted by Gasteiger charge is -2.08. The van der Waals surface area contributed by atoms with Gasteiger partial charge in [-0.25, -0.2) is 4.39 Å². The molecule has 2 atom stereocenters. The number of carbonyl (C=O) groups excluding carboxylic acids is 1. The van der Waals surface area contributed by atoms with Crippen molar-refractivity contribution in [1.29, 1.82) is 0 Å². The van der Waals surface area contributed by atoms with Crippen molar-refractivity contribution < 1.29 is 9.18 Å². The van der Waals surface area contributed by atoms with Gasteiger partial charge in [-0.3, -0.25) is 4.79 Å². The van der Waals surface area contributed by atoms with Crippen LogP contribution in [-0.2, 0) is 11.2 Å². The molecule has 2 heteroatoms. The molecule has 1 saturated carbocycles. The summed E-state index contributed by atoms with van der Waals surface area (Å²) in [7, 11) is 0. The maximum Gasteiger partial charge on any atom is 0.140 e. The molecule has 0 N–H and O–H groups in total. The van der Waals surface area contributed by atoms with Crippen LogP contribution < -0.4 is 0 Å². The molecule has 1 fully saturated rings. The molecule has 0 amide bonds. The summed E-state index contributed by atoms with van der Waals surface area (Å²) in [5, 5.41) is 0. The lowest BCUT2D eigenvalue weighted by atomic mass is 9.95. The Balaban J connectivity index is 2.00.